The number of nitrogens with one attached hydrogen (secondary N) is 1. The van der Waals surface area contributed by atoms with Gasteiger partial charge in [0.1, 0.15) is 0 Å². The number of hydrogen-bond donors (Lipinski definition) is 1. The molecule has 1 N–H and O–H groups in total. The van der Waals surface area contributed by atoms with Crippen molar-refractivity contribution < 1.29 is 13.2 Å². The Morgan fingerprint density at radius 1 is 1.07 bits per heavy atom. The molecule has 0 unspecified atom stereocenters. The number of hydrogen-bond acceptors (Lipinski definition) is 4. The van der Waals surface area contributed by atoms with Gasteiger partial charge in [0, 0.05) is 37.9 Å². The van der Waals surface area contributed by atoms with Crippen molar-refractivity contribution in [3.63, 3.8) is 0 Å². The summed E-state index contributed by atoms with van der Waals surface area (Å²) in [6.45, 7) is 7.01. The Morgan fingerprint density at radius 2 is 1.71 bits per heavy atom. The maximum absolute atomic E-state index is 13.1. The van der Waals surface area contributed by atoms with Crippen molar-refractivity contribution in [3.8, 4) is 0 Å². The van der Waals surface area contributed by atoms with E-state index in [1.54, 1.807) is 16.4 Å². The zero-order chi connectivity index (χ0) is 20.1. The van der Waals surface area contributed by atoms with Crippen LogP contribution in [0.2, 0.25) is 0 Å². The minimum absolute atomic E-state index is 0.0614. The third kappa shape index (κ3) is 4.69. The third-order valence-corrected chi connectivity index (χ3v) is 7.61. The number of piperidine rings is 1. The van der Waals surface area contributed by atoms with Crippen LogP contribution in [0.3, 0.4) is 0 Å². The lowest BCUT2D eigenvalue weighted by Gasteiger charge is -2.27. The van der Waals surface area contributed by atoms with Gasteiger partial charge in [-0.2, -0.15) is 4.31 Å². The summed E-state index contributed by atoms with van der Waals surface area (Å²) < 4.78 is 27.8. The Hall–Kier alpha value is -1.60. The van der Waals surface area contributed by atoms with E-state index in [0.717, 1.165) is 63.7 Å². The van der Waals surface area contributed by atoms with Gasteiger partial charge in [0.2, 0.25) is 10.0 Å². The number of benzene rings is 1. The second kappa shape index (κ2) is 9.27. The predicted molar refractivity (Wildman–Crippen MR) is 112 cm³/mol. The normalized spacial score (nSPS) is 19.6. The molecule has 0 saturated carbocycles. The van der Waals surface area contributed by atoms with Gasteiger partial charge >= 0.3 is 0 Å². The van der Waals surface area contributed by atoms with Gasteiger partial charge in [-0.25, -0.2) is 8.42 Å². The molecule has 1 atom stereocenters. The van der Waals surface area contributed by atoms with Crippen LogP contribution in [-0.4, -0.2) is 50.9 Å². The third-order valence-electron chi connectivity index (χ3n) is 5.71. The fourth-order valence-electron chi connectivity index (χ4n) is 4.15. The van der Waals surface area contributed by atoms with Gasteiger partial charge in [-0.3, -0.25) is 4.79 Å². The highest BCUT2D eigenvalue weighted by Crippen LogP contribution is 2.29. The Bertz CT molecular complexity index is 782. The van der Waals surface area contributed by atoms with Crippen LogP contribution in [0.5, 0.6) is 0 Å². The van der Waals surface area contributed by atoms with Crippen molar-refractivity contribution in [2.24, 2.45) is 0 Å². The summed E-state index contributed by atoms with van der Waals surface area (Å²) in [6, 6.07) is 5.14. The Balaban J connectivity index is 1.93. The summed E-state index contributed by atoms with van der Waals surface area (Å²) in [6.07, 6.45) is 6.95. The molecule has 1 aromatic carbocycles. The minimum Gasteiger partial charge on any atom is -0.371 e. The first kappa shape index (κ1) is 21.1. The van der Waals surface area contributed by atoms with Crippen LogP contribution in [0, 0.1) is 0 Å². The molecule has 0 spiro atoms. The molecule has 2 saturated heterocycles. The molecule has 1 aromatic rings. The molecule has 2 fully saturated rings. The second-order valence-corrected chi connectivity index (χ2v) is 9.94. The fourth-order valence-corrected chi connectivity index (χ4v) is 5.70. The molecule has 6 nitrogen and oxygen atoms in total. The number of amides is 1. The zero-order valence-corrected chi connectivity index (χ0v) is 17.9. The molecule has 28 heavy (non-hydrogen) atoms. The molecule has 2 aliphatic heterocycles. The highest BCUT2D eigenvalue weighted by Gasteiger charge is 2.29. The molecule has 7 heteroatoms. The molecule has 156 valence electrons. The first-order valence-electron chi connectivity index (χ1n) is 10.6. The Labute approximate surface area is 169 Å². The highest BCUT2D eigenvalue weighted by molar-refractivity contribution is 7.89. The van der Waals surface area contributed by atoms with Crippen LogP contribution in [0.15, 0.2) is 23.1 Å². The lowest BCUT2D eigenvalue weighted by molar-refractivity contribution is 0.0938. The standard InChI is InChI=1S/C21H33N3O3S/c1-3-9-17(2)22-21(25)19-16-18(10-11-20(19)23-12-7-8-13-23)28(26,27)24-14-5-4-6-15-24/h10-11,16-17H,3-9,12-15H2,1-2H3,(H,22,25)/t17-/m0/s1. The van der Waals surface area contributed by atoms with E-state index in [-0.39, 0.29) is 16.8 Å². The highest BCUT2D eigenvalue weighted by atomic mass is 32.2. The van der Waals surface area contributed by atoms with E-state index in [1.807, 2.05) is 13.0 Å². The summed E-state index contributed by atoms with van der Waals surface area (Å²) >= 11 is 0. The topological polar surface area (TPSA) is 69.7 Å². The molecule has 3 rings (SSSR count). The molecule has 0 radical (unpaired) electrons. The molecule has 0 bridgehead atoms. The van der Waals surface area contributed by atoms with E-state index < -0.39 is 10.0 Å². The van der Waals surface area contributed by atoms with E-state index in [1.165, 1.54) is 0 Å². The number of carbonyl (C=O) groups excluding carboxylic acids is 1. The van der Waals surface area contributed by atoms with Gasteiger partial charge in [-0.1, -0.05) is 19.8 Å². The van der Waals surface area contributed by atoms with E-state index in [9.17, 15) is 13.2 Å². The second-order valence-electron chi connectivity index (χ2n) is 8.00. The van der Waals surface area contributed by atoms with Crippen LogP contribution in [0.4, 0.5) is 5.69 Å². The summed E-state index contributed by atoms with van der Waals surface area (Å²) in [5.41, 5.74) is 1.32. The Morgan fingerprint density at radius 3 is 2.36 bits per heavy atom. The fraction of sp³-hybridized carbons (Fsp3) is 0.667. The quantitative estimate of drug-likeness (QED) is 0.752. The average Bonchev–Trinajstić information content (AvgIpc) is 3.23. The van der Waals surface area contributed by atoms with E-state index in [0.29, 0.717) is 18.7 Å². The molecular formula is C21H33N3O3S. The monoisotopic (exact) mass is 407 g/mol. The Kier molecular flexibility index (Phi) is 6.99. The van der Waals surface area contributed by atoms with Gasteiger partial charge in [0.25, 0.3) is 5.91 Å². The first-order valence-corrected chi connectivity index (χ1v) is 12.1. The number of carbonyl (C=O) groups is 1. The summed E-state index contributed by atoms with van der Waals surface area (Å²) in [7, 11) is -3.56. The largest absolute Gasteiger partial charge is 0.371 e. The van der Waals surface area contributed by atoms with Crippen molar-refractivity contribution in [2.45, 2.75) is 69.7 Å². The SMILES string of the molecule is CCC[C@H](C)NC(=O)c1cc(S(=O)(=O)N2CCCCC2)ccc1N1CCCC1. The number of rotatable bonds is 7. The van der Waals surface area contributed by atoms with Gasteiger partial charge in [-0.05, 0) is 57.2 Å². The van der Waals surface area contributed by atoms with E-state index in [4.69, 9.17) is 0 Å². The maximum Gasteiger partial charge on any atom is 0.253 e. The average molecular weight is 408 g/mol. The van der Waals surface area contributed by atoms with Crippen LogP contribution in [0.1, 0.15) is 69.2 Å². The summed E-state index contributed by atoms with van der Waals surface area (Å²) in [5.74, 6) is -0.182. The predicted octanol–water partition coefficient (Wildman–Crippen LogP) is 3.38. The van der Waals surface area contributed by atoms with Gasteiger partial charge in [0.15, 0.2) is 0 Å². The number of sulfonamides is 1. The van der Waals surface area contributed by atoms with Gasteiger partial charge in [-0.15, -0.1) is 0 Å². The van der Waals surface area contributed by atoms with Crippen molar-refractivity contribution in [1.82, 2.24) is 9.62 Å². The van der Waals surface area contributed by atoms with Crippen molar-refractivity contribution in [1.29, 1.82) is 0 Å². The lowest BCUT2D eigenvalue weighted by Crippen LogP contribution is -2.36. The smallest absolute Gasteiger partial charge is 0.253 e. The molecular weight excluding hydrogens is 374 g/mol. The lowest BCUT2D eigenvalue weighted by atomic mass is 10.1. The molecule has 0 aliphatic carbocycles. The van der Waals surface area contributed by atoms with Gasteiger partial charge < -0.3 is 10.2 Å². The molecule has 2 heterocycles. The summed E-state index contributed by atoms with van der Waals surface area (Å²) in [4.78, 5) is 15.4. The zero-order valence-electron chi connectivity index (χ0n) is 17.1. The molecule has 0 aromatic heterocycles. The number of anilines is 1. The van der Waals surface area contributed by atoms with Crippen LogP contribution < -0.4 is 10.2 Å². The first-order chi connectivity index (χ1) is 13.4. The molecule has 1 amide bonds. The van der Waals surface area contributed by atoms with Crippen molar-refractivity contribution >= 4 is 21.6 Å². The van der Waals surface area contributed by atoms with Crippen LogP contribution in [-0.2, 0) is 10.0 Å². The number of nitrogens with zero attached hydrogens (tertiary/aromatic N) is 2. The van der Waals surface area contributed by atoms with E-state index in [2.05, 4.69) is 17.1 Å². The van der Waals surface area contributed by atoms with Gasteiger partial charge in [0.05, 0.1) is 10.5 Å². The maximum atomic E-state index is 13.1. The van der Waals surface area contributed by atoms with E-state index >= 15 is 0 Å². The van der Waals surface area contributed by atoms with Crippen LogP contribution >= 0.6 is 0 Å². The van der Waals surface area contributed by atoms with Crippen molar-refractivity contribution in [3.05, 3.63) is 23.8 Å². The van der Waals surface area contributed by atoms with Crippen molar-refractivity contribution in [2.75, 3.05) is 31.1 Å². The minimum atomic E-state index is -3.56. The van der Waals surface area contributed by atoms with Crippen LogP contribution in [0.25, 0.3) is 0 Å². The molecule has 2 aliphatic rings. The summed E-state index contributed by atoms with van der Waals surface area (Å²) in [5, 5.41) is 3.05.